The Kier molecular flexibility index (Phi) is 5.77. The molecule has 154 valence electrons. The van der Waals surface area contributed by atoms with Gasteiger partial charge in [-0.2, -0.15) is 14.0 Å². The molecule has 0 aliphatic carbocycles. The third-order valence-corrected chi connectivity index (χ3v) is 6.24. The molecule has 0 aliphatic rings. The number of carboxylic acids is 1. The highest BCUT2D eigenvalue weighted by molar-refractivity contribution is 7.77. The van der Waals surface area contributed by atoms with Crippen LogP contribution in [0, 0.1) is 12.3 Å². The van der Waals surface area contributed by atoms with Gasteiger partial charge >= 0.3 is 5.97 Å². The number of thiazole rings is 1. The molecule has 2 aromatic heterocycles. The molecule has 0 fully saturated rings. The fraction of sp³-hybridized carbons (Fsp3) is 0.0455. The summed E-state index contributed by atoms with van der Waals surface area (Å²) in [5.41, 5.74) is 3.83. The van der Waals surface area contributed by atoms with Crippen molar-refractivity contribution in [2.75, 3.05) is 0 Å². The van der Waals surface area contributed by atoms with Crippen molar-refractivity contribution in [2.24, 2.45) is 0 Å². The molecule has 7 nitrogen and oxygen atoms in total. The molecular weight excluding hydrogens is 432 g/mol. The highest BCUT2D eigenvalue weighted by Crippen LogP contribution is 2.30. The summed E-state index contributed by atoms with van der Waals surface area (Å²) in [5, 5.41) is 19.3. The first-order chi connectivity index (χ1) is 15.0. The molecule has 2 aromatic carbocycles. The number of benzene rings is 2. The van der Waals surface area contributed by atoms with Gasteiger partial charge in [-0.1, -0.05) is 42.5 Å². The van der Waals surface area contributed by atoms with Crippen molar-refractivity contribution in [3.8, 4) is 28.7 Å². The number of quaternary nitrogens is 1. The minimum atomic E-state index is -1.30. The zero-order valence-electron chi connectivity index (χ0n) is 16.2. The van der Waals surface area contributed by atoms with E-state index in [0.29, 0.717) is 27.8 Å². The van der Waals surface area contributed by atoms with Crippen LogP contribution in [0.4, 0.5) is 0 Å². The molecule has 2 heterocycles. The molecule has 31 heavy (non-hydrogen) atoms. The zero-order chi connectivity index (χ0) is 22.0. The molecule has 0 radical (unpaired) electrons. The Balaban J connectivity index is 1.85. The summed E-state index contributed by atoms with van der Waals surface area (Å²) in [4.78, 5) is 16.1. The number of carbonyl (C=O) groups is 1. The molecule has 0 saturated carbocycles. The zero-order valence-corrected chi connectivity index (χ0v) is 17.8. The Labute approximate surface area is 184 Å². The maximum absolute atomic E-state index is 11.6. The standard InChI is InChI=1S/C22H16N4O3S2/c1-2-19-17(12-14-8-10-16(11-9-14)31(23)29)20(15-6-4-3-5-7-15)25-26(19)22-24-18(13-30-22)21(27)28/h1,3-11,13H,12,23H2,(H,27,28)/p+1. The van der Waals surface area contributed by atoms with Crippen LogP contribution in [0.5, 0.6) is 0 Å². The van der Waals surface area contributed by atoms with Gasteiger partial charge in [-0.3, -0.25) is 5.14 Å². The van der Waals surface area contributed by atoms with Crippen LogP contribution >= 0.6 is 11.3 Å². The molecule has 0 amide bonds. The van der Waals surface area contributed by atoms with Crippen molar-refractivity contribution < 1.29 is 19.2 Å². The van der Waals surface area contributed by atoms with Crippen LogP contribution in [-0.2, 0) is 17.4 Å². The molecule has 1 unspecified atom stereocenters. The van der Waals surface area contributed by atoms with Gasteiger partial charge in [0.2, 0.25) is 16.1 Å². The Bertz CT molecular complexity index is 1320. The van der Waals surface area contributed by atoms with E-state index in [1.54, 1.807) is 12.1 Å². The number of aromatic nitrogens is 3. The van der Waals surface area contributed by atoms with Gasteiger partial charge in [0.15, 0.2) is 5.69 Å². The molecule has 1 atom stereocenters. The number of hydrogen-bond acceptors (Lipinski definition) is 5. The predicted molar refractivity (Wildman–Crippen MR) is 118 cm³/mol. The number of carboxylic acid groups (broad SMARTS) is 1. The van der Waals surface area contributed by atoms with Gasteiger partial charge in [0.05, 0.1) is 10.6 Å². The van der Waals surface area contributed by atoms with Crippen molar-refractivity contribution in [1.82, 2.24) is 14.8 Å². The summed E-state index contributed by atoms with van der Waals surface area (Å²) < 4.78 is 13.1. The van der Waals surface area contributed by atoms with Crippen LogP contribution in [-0.4, -0.2) is 30.0 Å². The monoisotopic (exact) mass is 449 g/mol. The Hall–Kier alpha value is -3.58. The molecule has 4 rings (SSSR count). The number of nitrogens with zero attached hydrogens (tertiary/aromatic N) is 3. The summed E-state index contributed by atoms with van der Waals surface area (Å²) in [6.07, 6.45) is 6.36. The number of hydrogen-bond donors (Lipinski definition) is 2. The minimum absolute atomic E-state index is 0.0574. The van der Waals surface area contributed by atoms with E-state index in [1.807, 2.05) is 42.5 Å². The highest BCUT2D eigenvalue weighted by atomic mass is 32.2. The molecule has 0 spiro atoms. The lowest BCUT2D eigenvalue weighted by molar-refractivity contribution is -0.152. The first-order valence-electron chi connectivity index (χ1n) is 9.11. The maximum atomic E-state index is 11.6. The van der Waals surface area contributed by atoms with Crippen molar-refractivity contribution in [3.63, 3.8) is 0 Å². The van der Waals surface area contributed by atoms with E-state index in [4.69, 9.17) is 11.5 Å². The normalized spacial score (nSPS) is 11.7. The van der Waals surface area contributed by atoms with E-state index in [2.05, 4.69) is 16.0 Å². The largest absolute Gasteiger partial charge is 0.476 e. The van der Waals surface area contributed by atoms with Crippen LogP contribution in [0.2, 0.25) is 0 Å². The molecule has 0 aliphatic heterocycles. The van der Waals surface area contributed by atoms with E-state index in [0.717, 1.165) is 28.0 Å². The molecule has 4 aromatic rings. The van der Waals surface area contributed by atoms with Crippen LogP contribution in [0.25, 0.3) is 16.4 Å². The smallest absolute Gasteiger partial charge is 0.355 e. The maximum Gasteiger partial charge on any atom is 0.355 e. The quantitative estimate of drug-likeness (QED) is 0.439. The van der Waals surface area contributed by atoms with E-state index < -0.39 is 17.0 Å². The lowest BCUT2D eigenvalue weighted by Gasteiger charge is -2.05. The Morgan fingerprint density at radius 1 is 1.19 bits per heavy atom. The van der Waals surface area contributed by atoms with Crippen molar-refractivity contribution >= 4 is 28.3 Å². The van der Waals surface area contributed by atoms with Crippen molar-refractivity contribution in [2.45, 2.75) is 11.3 Å². The van der Waals surface area contributed by atoms with Crippen molar-refractivity contribution in [3.05, 3.63) is 82.5 Å². The molecule has 0 bridgehead atoms. The van der Waals surface area contributed by atoms with E-state index in [1.165, 1.54) is 10.1 Å². The minimum Gasteiger partial charge on any atom is -0.476 e. The van der Waals surface area contributed by atoms with E-state index in [-0.39, 0.29) is 5.69 Å². The van der Waals surface area contributed by atoms with Crippen molar-refractivity contribution in [1.29, 1.82) is 0 Å². The fourth-order valence-electron chi connectivity index (χ4n) is 3.16. The average molecular weight is 450 g/mol. The molecule has 9 heteroatoms. The first kappa shape index (κ1) is 20.7. The average Bonchev–Trinajstić information content (AvgIpc) is 3.40. The lowest BCUT2D eigenvalue weighted by atomic mass is 9.99. The predicted octanol–water partition coefficient (Wildman–Crippen LogP) is 2.53. The summed E-state index contributed by atoms with van der Waals surface area (Å²) in [6, 6.07) is 17.0. The molecule has 0 saturated heterocycles. The highest BCUT2D eigenvalue weighted by Gasteiger charge is 2.22. The second-order valence-electron chi connectivity index (χ2n) is 6.58. The van der Waals surface area contributed by atoms with Crippen LogP contribution in [0.3, 0.4) is 0 Å². The third kappa shape index (κ3) is 4.18. The number of terminal acetylenes is 1. The van der Waals surface area contributed by atoms with Crippen LogP contribution in [0.1, 0.15) is 27.3 Å². The summed E-state index contributed by atoms with van der Waals surface area (Å²) in [7, 11) is -1.30. The van der Waals surface area contributed by atoms with Gasteiger partial charge in [-0.05, 0) is 23.6 Å². The Morgan fingerprint density at radius 3 is 2.48 bits per heavy atom. The van der Waals surface area contributed by atoms with Crippen LogP contribution in [0.15, 0.2) is 64.9 Å². The SMILES string of the molecule is C#Cc1c(Cc2ccc(S([NH3+])=O)cc2)c(-c2ccccc2)nn1-c1nc(C(=O)O)cs1. The topological polar surface area (TPSA) is 113 Å². The second-order valence-corrected chi connectivity index (χ2v) is 8.58. The lowest BCUT2D eigenvalue weighted by Crippen LogP contribution is -2.50. The van der Waals surface area contributed by atoms with Gasteiger partial charge in [0, 0.05) is 22.9 Å². The van der Waals surface area contributed by atoms with E-state index >= 15 is 0 Å². The summed E-state index contributed by atoms with van der Waals surface area (Å²) >= 11 is 1.16. The van der Waals surface area contributed by atoms with Crippen LogP contribution < -0.4 is 5.14 Å². The Morgan fingerprint density at radius 2 is 1.90 bits per heavy atom. The summed E-state index contributed by atoms with van der Waals surface area (Å²) in [6.45, 7) is 0. The van der Waals surface area contributed by atoms with Gasteiger partial charge in [-0.25, -0.2) is 9.78 Å². The molecule has 4 N–H and O–H groups in total. The second kappa shape index (κ2) is 8.65. The number of rotatable bonds is 6. The van der Waals surface area contributed by atoms with E-state index in [9.17, 15) is 14.1 Å². The van der Waals surface area contributed by atoms with Gasteiger partial charge in [0.25, 0.3) is 0 Å². The van der Waals surface area contributed by atoms with Gasteiger partial charge in [0.1, 0.15) is 5.69 Å². The van der Waals surface area contributed by atoms with Gasteiger partial charge < -0.3 is 5.11 Å². The number of aromatic carboxylic acids is 1. The fourth-order valence-corrected chi connectivity index (χ4v) is 4.35. The third-order valence-electron chi connectivity index (χ3n) is 4.63. The van der Waals surface area contributed by atoms with Gasteiger partial charge in [-0.15, -0.1) is 17.8 Å². The molecular formula is C22H17N4O3S2+. The summed E-state index contributed by atoms with van der Waals surface area (Å²) in [5.74, 6) is 1.59. The first-order valence-corrected chi connectivity index (χ1v) is 11.3.